The normalized spacial score (nSPS) is 10.8. The molecule has 1 N–H and O–H groups in total. The van der Waals surface area contributed by atoms with Crippen molar-refractivity contribution in [1.82, 2.24) is 5.32 Å². The average molecular weight is 249 g/mol. The van der Waals surface area contributed by atoms with Gasteiger partial charge < -0.3 is 9.73 Å². The monoisotopic (exact) mass is 249 g/mol. The maximum atomic E-state index is 11.4. The molecule has 0 spiro atoms. The Bertz CT molecular complexity index is 485. The van der Waals surface area contributed by atoms with E-state index in [1.165, 1.54) is 0 Å². The summed E-state index contributed by atoms with van der Waals surface area (Å²) in [4.78, 5) is 12.6. The number of furan rings is 1. The van der Waals surface area contributed by atoms with Crippen molar-refractivity contribution in [2.24, 2.45) is 5.92 Å². The third-order valence-electron chi connectivity index (χ3n) is 2.42. The molecular formula is C13H15NO2S. The van der Waals surface area contributed by atoms with Gasteiger partial charge in [-0.1, -0.05) is 13.8 Å². The number of carbonyl (C=O) groups excluding carboxylic acids is 1. The summed E-state index contributed by atoms with van der Waals surface area (Å²) in [5.74, 6) is 0.972. The van der Waals surface area contributed by atoms with Crippen LogP contribution in [-0.4, -0.2) is 5.91 Å². The lowest BCUT2D eigenvalue weighted by Gasteiger charge is -2.05. The van der Waals surface area contributed by atoms with E-state index < -0.39 is 0 Å². The van der Waals surface area contributed by atoms with Crippen LogP contribution in [0.15, 0.2) is 34.3 Å². The second-order valence-corrected chi connectivity index (χ2v) is 5.15. The number of rotatable bonds is 4. The highest BCUT2D eigenvalue weighted by Crippen LogP contribution is 2.25. The smallest absolute Gasteiger partial charge is 0.222 e. The first-order chi connectivity index (χ1) is 8.16. The zero-order valence-corrected chi connectivity index (χ0v) is 10.7. The van der Waals surface area contributed by atoms with Crippen LogP contribution in [0, 0.1) is 5.92 Å². The van der Waals surface area contributed by atoms with Crippen LogP contribution in [0.4, 0.5) is 0 Å². The molecule has 2 rings (SSSR count). The minimum atomic E-state index is 0.0273. The number of thiophene rings is 1. The fourth-order valence-corrected chi connectivity index (χ4v) is 2.24. The Balaban J connectivity index is 1.97. The molecule has 0 fully saturated rings. The highest BCUT2D eigenvalue weighted by Gasteiger charge is 2.08. The van der Waals surface area contributed by atoms with E-state index in [0.717, 1.165) is 16.2 Å². The van der Waals surface area contributed by atoms with Gasteiger partial charge in [0.1, 0.15) is 5.76 Å². The highest BCUT2D eigenvalue weighted by atomic mass is 32.1. The van der Waals surface area contributed by atoms with Crippen LogP contribution in [0.2, 0.25) is 0 Å². The van der Waals surface area contributed by atoms with Crippen LogP contribution < -0.4 is 5.32 Å². The summed E-state index contributed by atoms with van der Waals surface area (Å²) in [6.07, 6.45) is 1.66. The van der Waals surface area contributed by atoms with Crippen molar-refractivity contribution in [3.8, 4) is 11.3 Å². The Morgan fingerprint density at radius 3 is 3.00 bits per heavy atom. The summed E-state index contributed by atoms with van der Waals surface area (Å²) < 4.78 is 5.32. The SMILES string of the molecule is CC(C)C(=O)NCc1cc(-c2ccco2)cs1. The summed E-state index contributed by atoms with van der Waals surface area (Å²) in [5.41, 5.74) is 1.06. The molecule has 0 radical (unpaired) electrons. The molecule has 2 aromatic rings. The number of amides is 1. The zero-order chi connectivity index (χ0) is 12.3. The van der Waals surface area contributed by atoms with Crippen molar-refractivity contribution in [3.63, 3.8) is 0 Å². The molecule has 2 aromatic heterocycles. The molecule has 0 aliphatic carbocycles. The van der Waals surface area contributed by atoms with Gasteiger partial charge in [-0.2, -0.15) is 0 Å². The van der Waals surface area contributed by atoms with Gasteiger partial charge in [0.15, 0.2) is 0 Å². The first-order valence-electron chi connectivity index (χ1n) is 5.56. The second-order valence-electron chi connectivity index (χ2n) is 4.15. The van der Waals surface area contributed by atoms with Gasteiger partial charge in [0.05, 0.1) is 12.8 Å². The second kappa shape index (κ2) is 5.19. The van der Waals surface area contributed by atoms with E-state index in [4.69, 9.17) is 4.42 Å². The average Bonchev–Trinajstić information content (AvgIpc) is 2.95. The molecule has 2 heterocycles. The molecule has 1 amide bonds. The van der Waals surface area contributed by atoms with Crippen molar-refractivity contribution < 1.29 is 9.21 Å². The Kier molecular flexibility index (Phi) is 3.64. The number of nitrogens with one attached hydrogen (secondary N) is 1. The fraction of sp³-hybridized carbons (Fsp3) is 0.308. The van der Waals surface area contributed by atoms with E-state index in [1.807, 2.05) is 37.4 Å². The third-order valence-corrected chi connectivity index (χ3v) is 3.36. The molecule has 0 aliphatic heterocycles. The third kappa shape index (κ3) is 2.97. The summed E-state index contributed by atoms with van der Waals surface area (Å²) in [6.45, 7) is 4.36. The van der Waals surface area contributed by atoms with Gasteiger partial charge in [-0.15, -0.1) is 11.3 Å². The first-order valence-corrected chi connectivity index (χ1v) is 6.44. The molecule has 0 atom stereocenters. The Morgan fingerprint density at radius 1 is 1.53 bits per heavy atom. The van der Waals surface area contributed by atoms with Gasteiger partial charge in [0, 0.05) is 21.7 Å². The van der Waals surface area contributed by atoms with E-state index >= 15 is 0 Å². The van der Waals surface area contributed by atoms with Gasteiger partial charge >= 0.3 is 0 Å². The minimum absolute atomic E-state index is 0.0273. The molecule has 3 nitrogen and oxygen atoms in total. The predicted octanol–water partition coefficient (Wildman–Crippen LogP) is 3.28. The van der Waals surface area contributed by atoms with E-state index in [0.29, 0.717) is 6.54 Å². The summed E-state index contributed by atoms with van der Waals surface area (Å²) in [6, 6.07) is 5.84. The van der Waals surface area contributed by atoms with Crippen LogP contribution in [0.25, 0.3) is 11.3 Å². The predicted molar refractivity (Wildman–Crippen MR) is 68.7 cm³/mol. The van der Waals surface area contributed by atoms with Crippen LogP contribution in [0.1, 0.15) is 18.7 Å². The fourth-order valence-electron chi connectivity index (χ4n) is 1.42. The lowest BCUT2D eigenvalue weighted by Crippen LogP contribution is -2.26. The molecule has 0 saturated heterocycles. The lowest BCUT2D eigenvalue weighted by atomic mass is 10.2. The molecule has 0 unspecified atom stereocenters. The van der Waals surface area contributed by atoms with Crippen molar-refractivity contribution in [2.45, 2.75) is 20.4 Å². The molecule has 0 saturated carbocycles. The molecule has 0 aromatic carbocycles. The number of hydrogen-bond acceptors (Lipinski definition) is 3. The summed E-state index contributed by atoms with van der Waals surface area (Å²) >= 11 is 1.63. The Morgan fingerprint density at radius 2 is 2.35 bits per heavy atom. The molecule has 17 heavy (non-hydrogen) atoms. The molecule has 4 heteroatoms. The van der Waals surface area contributed by atoms with Gasteiger partial charge in [0.25, 0.3) is 0 Å². The van der Waals surface area contributed by atoms with Crippen LogP contribution in [0.5, 0.6) is 0 Å². The minimum Gasteiger partial charge on any atom is -0.464 e. The Hall–Kier alpha value is -1.55. The molecule has 0 bridgehead atoms. The van der Waals surface area contributed by atoms with Crippen LogP contribution >= 0.6 is 11.3 Å². The van der Waals surface area contributed by atoms with Crippen molar-refractivity contribution in [1.29, 1.82) is 0 Å². The molecule has 90 valence electrons. The molecule has 0 aliphatic rings. The lowest BCUT2D eigenvalue weighted by molar-refractivity contribution is -0.124. The zero-order valence-electron chi connectivity index (χ0n) is 9.90. The van der Waals surface area contributed by atoms with Crippen molar-refractivity contribution in [3.05, 3.63) is 34.7 Å². The van der Waals surface area contributed by atoms with E-state index in [-0.39, 0.29) is 11.8 Å². The highest BCUT2D eigenvalue weighted by molar-refractivity contribution is 7.10. The van der Waals surface area contributed by atoms with E-state index in [9.17, 15) is 4.79 Å². The quantitative estimate of drug-likeness (QED) is 0.903. The standard InChI is InChI=1S/C13H15NO2S/c1-9(2)13(15)14-7-11-6-10(8-17-11)12-4-3-5-16-12/h3-6,8-9H,7H2,1-2H3,(H,14,15). The first kappa shape index (κ1) is 11.9. The van der Waals surface area contributed by atoms with Crippen molar-refractivity contribution >= 4 is 17.2 Å². The Labute approximate surface area is 104 Å². The summed E-state index contributed by atoms with van der Waals surface area (Å²) in [7, 11) is 0. The number of carbonyl (C=O) groups is 1. The topological polar surface area (TPSA) is 42.2 Å². The van der Waals surface area contributed by atoms with E-state index in [2.05, 4.69) is 5.32 Å². The van der Waals surface area contributed by atoms with Gasteiger partial charge in [-0.25, -0.2) is 0 Å². The van der Waals surface area contributed by atoms with Crippen LogP contribution in [0.3, 0.4) is 0 Å². The maximum Gasteiger partial charge on any atom is 0.222 e. The largest absolute Gasteiger partial charge is 0.464 e. The van der Waals surface area contributed by atoms with Crippen molar-refractivity contribution in [2.75, 3.05) is 0 Å². The molecular weight excluding hydrogens is 234 g/mol. The van der Waals surface area contributed by atoms with E-state index in [1.54, 1.807) is 17.6 Å². The maximum absolute atomic E-state index is 11.4. The summed E-state index contributed by atoms with van der Waals surface area (Å²) in [5, 5.41) is 4.94. The van der Waals surface area contributed by atoms with Gasteiger partial charge in [-0.05, 0) is 18.2 Å². The van der Waals surface area contributed by atoms with Gasteiger partial charge in [0.2, 0.25) is 5.91 Å². The van der Waals surface area contributed by atoms with Crippen LogP contribution in [-0.2, 0) is 11.3 Å². The van der Waals surface area contributed by atoms with Gasteiger partial charge in [-0.3, -0.25) is 4.79 Å². The number of hydrogen-bond donors (Lipinski definition) is 1.